The zero-order valence-electron chi connectivity index (χ0n) is 7.65. The van der Waals surface area contributed by atoms with Gasteiger partial charge in [0.25, 0.3) is 0 Å². The van der Waals surface area contributed by atoms with Crippen LogP contribution in [-0.4, -0.2) is 34.1 Å². The van der Waals surface area contributed by atoms with E-state index in [1.54, 1.807) is 0 Å². The highest BCUT2D eigenvalue weighted by atomic mass is 35.7. The molecule has 14 heavy (non-hydrogen) atoms. The van der Waals surface area contributed by atoms with Crippen molar-refractivity contribution in [2.24, 2.45) is 5.92 Å². The van der Waals surface area contributed by atoms with Crippen molar-refractivity contribution in [1.29, 1.82) is 0 Å². The Morgan fingerprint density at radius 2 is 2.00 bits per heavy atom. The van der Waals surface area contributed by atoms with E-state index < -0.39 is 18.9 Å². The van der Waals surface area contributed by atoms with E-state index in [-0.39, 0.29) is 23.2 Å². The molecule has 1 heterocycles. The Labute approximate surface area is 89.0 Å². The Hall–Kier alpha value is 0.190. The highest BCUT2D eigenvalue weighted by Crippen LogP contribution is 2.22. The molecule has 1 aliphatic rings. The van der Waals surface area contributed by atoms with Crippen LogP contribution in [0, 0.1) is 5.92 Å². The number of halogens is 1. The van der Waals surface area contributed by atoms with Crippen LogP contribution >= 0.6 is 10.7 Å². The zero-order valence-corrected chi connectivity index (χ0v) is 10.0. The zero-order chi connectivity index (χ0) is 10.8. The van der Waals surface area contributed by atoms with Crippen LogP contribution < -0.4 is 0 Å². The molecule has 1 rings (SSSR count). The molecule has 4 nitrogen and oxygen atoms in total. The van der Waals surface area contributed by atoms with Crippen molar-refractivity contribution in [3.63, 3.8) is 0 Å². The summed E-state index contributed by atoms with van der Waals surface area (Å²) in [6.07, 6.45) is 1.77. The first-order valence-electron chi connectivity index (χ1n) is 4.41. The van der Waals surface area contributed by atoms with E-state index >= 15 is 0 Å². The number of hydrogen-bond donors (Lipinski definition) is 0. The summed E-state index contributed by atoms with van der Waals surface area (Å²) in [5.41, 5.74) is 0. The van der Waals surface area contributed by atoms with Gasteiger partial charge in [0.1, 0.15) is 0 Å². The summed E-state index contributed by atoms with van der Waals surface area (Å²) in [4.78, 5) is 0. The van der Waals surface area contributed by atoms with Crippen LogP contribution in [0.1, 0.15) is 19.3 Å². The van der Waals surface area contributed by atoms with Crippen molar-refractivity contribution in [2.45, 2.75) is 19.3 Å². The molecule has 1 atom stereocenters. The number of sulfone groups is 1. The van der Waals surface area contributed by atoms with Gasteiger partial charge in [-0.25, -0.2) is 16.8 Å². The molecule has 1 aliphatic heterocycles. The smallest absolute Gasteiger partial charge is 0.229 e. The third-order valence-corrected chi connectivity index (χ3v) is 5.40. The van der Waals surface area contributed by atoms with Crippen molar-refractivity contribution < 1.29 is 16.8 Å². The maximum atomic E-state index is 11.2. The maximum Gasteiger partial charge on any atom is 0.232 e. The van der Waals surface area contributed by atoms with E-state index in [2.05, 4.69) is 0 Å². The molecule has 0 aromatic heterocycles. The summed E-state index contributed by atoms with van der Waals surface area (Å²) >= 11 is 0. The summed E-state index contributed by atoms with van der Waals surface area (Å²) in [7, 11) is -1.37. The molecule has 0 N–H and O–H groups in total. The largest absolute Gasteiger partial charge is 0.232 e. The molecule has 7 heteroatoms. The Bertz CT molecular complexity index is 384. The first-order valence-corrected chi connectivity index (χ1v) is 8.71. The lowest BCUT2D eigenvalue weighted by molar-refractivity contribution is 0.473. The maximum absolute atomic E-state index is 11.2. The first kappa shape index (κ1) is 12.3. The quantitative estimate of drug-likeness (QED) is 0.703. The first-order chi connectivity index (χ1) is 6.29. The fraction of sp³-hybridized carbons (Fsp3) is 1.00. The van der Waals surface area contributed by atoms with Crippen LogP contribution in [0.25, 0.3) is 0 Å². The predicted octanol–water partition coefficient (Wildman–Crippen LogP) is 0.770. The minimum Gasteiger partial charge on any atom is -0.229 e. The second-order valence-electron chi connectivity index (χ2n) is 3.65. The third-order valence-electron chi connectivity index (χ3n) is 2.33. The van der Waals surface area contributed by atoms with E-state index in [1.807, 2.05) is 0 Å². The van der Waals surface area contributed by atoms with Crippen LogP contribution in [0.4, 0.5) is 0 Å². The second kappa shape index (κ2) is 4.37. The second-order valence-corrected chi connectivity index (χ2v) is 8.78. The highest BCUT2D eigenvalue weighted by Gasteiger charge is 2.25. The minimum absolute atomic E-state index is 0.0396. The van der Waals surface area contributed by atoms with Gasteiger partial charge in [-0.15, -0.1) is 0 Å². The van der Waals surface area contributed by atoms with Gasteiger partial charge in [-0.05, 0) is 25.2 Å². The van der Waals surface area contributed by atoms with Crippen LogP contribution in [0.2, 0.25) is 0 Å². The van der Waals surface area contributed by atoms with Gasteiger partial charge in [-0.1, -0.05) is 0 Å². The van der Waals surface area contributed by atoms with Gasteiger partial charge in [0.05, 0.1) is 17.3 Å². The fourth-order valence-electron chi connectivity index (χ4n) is 1.65. The summed E-state index contributed by atoms with van der Waals surface area (Å²) < 4.78 is 43.7. The molecule has 1 saturated heterocycles. The summed E-state index contributed by atoms with van der Waals surface area (Å²) in [5, 5.41) is 0. The molecule has 0 aliphatic carbocycles. The van der Waals surface area contributed by atoms with Gasteiger partial charge >= 0.3 is 0 Å². The Balaban J connectivity index is 2.47. The molecule has 0 spiro atoms. The average molecular weight is 261 g/mol. The number of hydrogen-bond acceptors (Lipinski definition) is 4. The van der Waals surface area contributed by atoms with Crippen molar-refractivity contribution in [3.8, 4) is 0 Å². The van der Waals surface area contributed by atoms with Crippen molar-refractivity contribution in [3.05, 3.63) is 0 Å². The van der Waals surface area contributed by atoms with Crippen LogP contribution in [-0.2, 0) is 18.9 Å². The van der Waals surface area contributed by atoms with Crippen molar-refractivity contribution in [1.82, 2.24) is 0 Å². The lowest BCUT2D eigenvalue weighted by atomic mass is 10.0. The van der Waals surface area contributed by atoms with E-state index in [1.165, 1.54) is 0 Å². The van der Waals surface area contributed by atoms with Crippen LogP contribution in [0.3, 0.4) is 0 Å². The molecule has 1 fully saturated rings. The standard InChI is InChI=1S/C7H13ClO4S2/c8-14(11,12)5-3-7-2-1-4-13(9,10)6-7/h7H,1-6H2. The van der Waals surface area contributed by atoms with Gasteiger partial charge in [0, 0.05) is 10.7 Å². The third kappa shape index (κ3) is 4.61. The van der Waals surface area contributed by atoms with Gasteiger partial charge < -0.3 is 0 Å². The Morgan fingerprint density at radius 3 is 2.50 bits per heavy atom. The van der Waals surface area contributed by atoms with Crippen molar-refractivity contribution >= 4 is 29.6 Å². The molecule has 0 saturated carbocycles. The molecule has 0 amide bonds. The topological polar surface area (TPSA) is 68.3 Å². The minimum atomic E-state index is -3.48. The van der Waals surface area contributed by atoms with Gasteiger partial charge in [0.2, 0.25) is 9.05 Å². The lowest BCUT2D eigenvalue weighted by Gasteiger charge is -2.20. The van der Waals surface area contributed by atoms with Gasteiger partial charge in [0.15, 0.2) is 9.84 Å². The predicted molar refractivity (Wildman–Crippen MR) is 55.6 cm³/mol. The van der Waals surface area contributed by atoms with E-state index in [9.17, 15) is 16.8 Å². The van der Waals surface area contributed by atoms with Crippen LogP contribution in [0.5, 0.6) is 0 Å². The Kier molecular flexibility index (Phi) is 3.82. The SMILES string of the molecule is O=S(=O)(Cl)CCC1CCCS(=O)(=O)C1. The van der Waals surface area contributed by atoms with Gasteiger partial charge in [-0.2, -0.15) is 0 Å². The molecule has 0 bridgehead atoms. The lowest BCUT2D eigenvalue weighted by Crippen LogP contribution is -2.26. The molecule has 84 valence electrons. The molecule has 0 aromatic carbocycles. The molecule has 1 unspecified atom stereocenters. The summed E-state index contributed by atoms with van der Waals surface area (Å²) in [5.74, 6) is 0.174. The number of rotatable bonds is 3. The summed E-state index contributed by atoms with van der Waals surface area (Å²) in [6.45, 7) is 0. The van der Waals surface area contributed by atoms with Crippen LogP contribution in [0.15, 0.2) is 0 Å². The monoisotopic (exact) mass is 260 g/mol. The molecular weight excluding hydrogens is 248 g/mol. The Morgan fingerprint density at radius 1 is 1.36 bits per heavy atom. The molecule has 0 radical (unpaired) electrons. The van der Waals surface area contributed by atoms with Gasteiger partial charge in [-0.3, -0.25) is 0 Å². The van der Waals surface area contributed by atoms with E-state index in [4.69, 9.17) is 10.7 Å². The van der Waals surface area contributed by atoms with Crippen molar-refractivity contribution in [2.75, 3.05) is 17.3 Å². The fourth-order valence-corrected chi connectivity index (χ4v) is 4.36. The van der Waals surface area contributed by atoms with E-state index in [0.29, 0.717) is 12.8 Å². The molecule has 0 aromatic rings. The average Bonchev–Trinajstić information content (AvgIpc) is 1.98. The normalized spacial score (nSPS) is 27.4. The highest BCUT2D eigenvalue weighted by molar-refractivity contribution is 8.13. The summed E-state index contributed by atoms with van der Waals surface area (Å²) in [6, 6.07) is 0. The van der Waals surface area contributed by atoms with E-state index in [0.717, 1.165) is 6.42 Å². The molecular formula is C7H13ClO4S2.